The Labute approximate surface area is 137 Å². The van der Waals surface area contributed by atoms with Gasteiger partial charge < -0.3 is 20.3 Å². The van der Waals surface area contributed by atoms with Gasteiger partial charge in [0.15, 0.2) is 0 Å². The second-order valence-corrected chi connectivity index (χ2v) is 6.63. The van der Waals surface area contributed by atoms with Gasteiger partial charge in [0.25, 0.3) is 0 Å². The van der Waals surface area contributed by atoms with Gasteiger partial charge in [0.05, 0.1) is 12.2 Å². The van der Waals surface area contributed by atoms with Gasteiger partial charge in [0, 0.05) is 37.5 Å². The third-order valence-corrected chi connectivity index (χ3v) is 5.16. The van der Waals surface area contributed by atoms with Crippen LogP contribution in [-0.2, 0) is 11.8 Å². The van der Waals surface area contributed by atoms with Crippen LogP contribution in [0.3, 0.4) is 0 Å². The maximum atomic E-state index is 12.2. The smallest absolute Gasteiger partial charge is 0.315 e. The van der Waals surface area contributed by atoms with Crippen LogP contribution in [0, 0.1) is 6.92 Å². The lowest BCUT2D eigenvalue weighted by molar-refractivity contribution is 0.0993. The van der Waals surface area contributed by atoms with Gasteiger partial charge in [0.1, 0.15) is 6.10 Å². The molecule has 7 nitrogen and oxygen atoms in total. The van der Waals surface area contributed by atoms with Crippen LogP contribution in [0.2, 0.25) is 0 Å². The third-order valence-electron chi connectivity index (χ3n) is 5.16. The zero-order valence-electron chi connectivity index (χ0n) is 14.2. The SMILES string of the molecule is Cc1c([C@H]2OCC[C@@H]2NC(=O)NCC2CCCN2C)cnn1C. The molecular formula is C16H27N5O2. The summed E-state index contributed by atoms with van der Waals surface area (Å²) in [6, 6.07) is 0.350. The van der Waals surface area contributed by atoms with E-state index in [-0.39, 0.29) is 18.2 Å². The van der Waals surface area contributed by atoms with E-state index in [2.05, 4.69) is 27.7 Å². The summed E-state index contributed by atoms with van der Waals surface area (Å²) in [7, 11) is 4.03. The molecule has 0 radical (unpaired) electrons. The monoisotopic (exact) mass is 321 g/mol. The molecule has 2 fully saturated rings. The number of rotatable bonds is 4. The highest BCUT2D eigenvalue weighted by Gasteiger charge is 2.33. The highest BCUT2D eigenvalue weighted by Crippen LogP contribution is 2.30. The highest BCUT2D eigenvalue weighted by atomic mass is 16.5. The molecule has 0 aliphatic carbocycles. The Morgan fingerprint density at radius 1 is 1.43 bits per heavy atom. The van der Waals surface area contributed by atoms with Gasteiger partial charge in [-0.1, -0.05) is 0 Å². The molecule has 3 rings (SSSR count). The average Bonchev–Trinajstić information content (AvgIpc) is 3.21. The van der Waals surface area contributed by atoms with Crippen LogP contribution in [0.25, 0.3) is 0 Å². The molecule has 2 aliphatic heterocycles. The molecule has 2 aliphatic rings. The number of hydrogen-bond donors (Lipinski definition) is 2. The molecule has 3 heterocycles. The molecule has 2 N–H and O–H groups in total. The molecule has 1 aromatic heterocycles. The number of nitrogens with one attached hydrogen (secondary N) is 2. The first-order chi connectivity index (χ1) is 11.1. The van der Waals surface area contributed by atoms with Crippen molar-refractivity contribution in [1.82, 2.24) is 25.3 Å². The fraction of sp³-hybridized carbons (Fsp3) is 0.750. The topological polar surface area (TPSA) is 71.4 Å². The van der Waals surface area contributed by atoms with Crippen LogP contribution in [-0.4, -0.2) is 59.5 Å². The van der Waals surface area contributed by atoms with Crippen molar-refractivity contribution in [3.05, 3.63) is 17.5 Å². The zero-order chi connectivity index (χ0) is 16.4. The molecule has 0 aromatic carbocycles. The van der Waals surface area contributed by atoms with E-state index < -0.39 is 0 Å². The van der Waals surface area contributed by atoms with Crippen LogP contribution >= 0.6 is 0 Å². The lowest BCUT2D eigenvalue weighted by atomic mass is 10.0. The summed E-state index contributed by atoms with van der Waals surface area (Å²) in [6.07, 6.45) is 4.93. The summed E-state index contributed by atoms with van der Waals surface area (Å²) in [5.41, 5.74) is 2.14. The standard InChI is InChI=1S/C16H27N5O2/c1-11-13(10-18-21(11)3)15-14(6-8-23-15)19-16(22)17-9-12-5-4-7-20(12)2/h10,12,14-15H,4-9H2,1-3H3,(H2,17,19,22)/t12?,14-,15+/m0/s1. The van der Waals surface area contributed by atoms with Gasteiger partial charge in [-0.15, -0.1) is 0 Å². The van der Waals surface area contributed by atoms with E-state index in [9.17, 15) is 4.79 Å². The number of likely N-dealkylation sites (tertiary alicyclic amines) is 1. The summed E-state index contributed by atoms with van der Waals surface area (Å²) in [6.45, 7) is 4.51. The van der Waals surface area contributed by atoms with Crippen molar-refractivity contribution in [1.29, 1.82) is 0 Å². The summed E-state index contributed by atoms with van der Waals surface area (Å²) in [5, 5.41) is 10.4. The summed E-state index contributed by atoms with van der Waals surface area (Å²) >= 11 is 0. The molecule has 23 heavy (non-hydrogen) atoms. The van der Waals surface area contributed by atoms with E-state index in [0.29, 0.717) is 19.2 Å². The Kier molecular flexibility index (Phi) is 4.87. The van der Waals surface area contributed by atoms with Crippen molar-refractivity contribution in [2.75, 3.05) is 26.7 Å². The number of nitrogens with zero attached hydrogens (tertiary/aromatic N) is 3. The molecule has 3 atom stereocenters. The van der Waals surface area contributed by atoms with Gasteiger partial charge in [0.2, 0.25) is 0 Å². The molecule has 0 saturated carbocycles. The average molecular weight is 321 g/mol. The molecule has 1 aromatic rings. The van der Waals surface area contributed by atoms with Crippen molar-refractivity contribution in [3.8, 4) is 0 Å². The Bertz CT molecular complexity index is 559. The van der Waals surface area contributed by atoms with Gasteiger partial charge >= 0.3 is 6.03 Å². The van der Waals surface area contributed by atoms with Gasteiger partial charge in [-0.3, -0.25) is 4.68 Å². The van der Waals surface area contributed by atoms with E-state index in [1.54, 1.807) is 0 Å². The molecule has 128 valence electrons. The van der Waals surface area contributed by atoms with Crippen molar-refractivity contribution >= 4 is 6.03 Å². The maximum absolute atomic E-state index is 12.2. The zero-order valence-corrected chi connectivity index (χ0v) is 14.2. The first-order valence-electron chi connectivity index (χ1n) is 8.41. The fourth-order valence-electron chi connectivity index (χ4n) is 3.51. The van der Waals surface area contributed by atoms with Crippen molar-refractivity contribution in [2.24, 2.45) is 7.05 Å². The second kappa shape index (κ2) is 6.88. The molecule has 1 unspecified atom stereocenters. The van der Waals surface area contributed by atoms with Crippen LogP contribution in [0.15, 0.2) is 6.20 Å². The fourth-order valence-corrected chi connectivity index (χ4v) is 3.51. The number of aromatic nitrogens is 2. The molecular weight excluding hydrogens is 294 g/mol. The second-order valence-electron chi connectivity index (χ2n) is 6.63. The van der Waals surface area contributed by atoms with E-state index in [1.165, 1.54) is 6.42 Å². The van der Waals surface area contributed by atoms with E-state index >= 15 is 0 Å². The largest absolute Gasteiger partial charge is 0.371 e. The minimum absolute atomic E-state index is 0.000734. The van der Waals surface area contributed by atoms with E-state index in [4.69, 9.17) is 4.74 Å². The summed E-state index contributed by atoms with van der Waals surface area (Å²) in [5.74, 6) is 0. The number of carbonyl (C=O) groups is 1. The maximum Gasteiger partial charge on any atom is 0.315 e. The van der Waals surface area contributed by atoms with Crippen LogP contribution in [0.5, 0.6) is 0 Å². The Balaban J connectivity index is 1.54. The van der Waals surface area contributed by atoms with Crippen LogP contribution in [0.1, 0.15) is 36.6 Å². The van der Waals surface area contributed by atoms with Crippen molar-refractivity contribution in [2.45, 2.75) is 44.4 Å². The summed E-state index contributed by atoms with van der Waals surface area (Å²) < 4.78 is 7.67. The lowest BCUT2D eigenvalue weighted by Crippen LogP contribution is -2.47. The number of urea groups is 1. The van der Waals surface area contributed by atoms with Crippen molar-refractivity contribution < 1.29 is 9.53 Å². The molecule has 0 bridgehead atoms. The van der Waals surface area contributed by atoms with Crippen LogP contribution in [0.4, 0.5) is 4.79 Å². The number of amides is 2. The Morgan fingerprint density at radius 2 is 2.26 bits per heavy atom. The van der Waals surface area contributed by atoms with Gasteiger partial charge in [-0.05, 0) is 39.8 Å². The number of likely N-dealkylation sites (N-methyl/N-ethyl adjacent to an activating group) is 1. The number of aryl methyl sites for hydroxylation is 1. The molecule has 2 saturated heterocycles. The quantitative estimate of drug-likeness (QED) is 0.866. The van der Waals surface area contributed by atoms with Crippen LogP contribution < -0.4 is 10.6 Å². The predicted octanol–water partition coefficient (Wildman–Crippen LogP) is 0.952. The lowest BCUT2D eigenvalue weighted by Gasteiger charge is -2.22. The van der Waals surface area contributed by atoms with E-state index in [0.717, 1.165) is 30.6 Å². The molecule has 2 amide bonds. The number of ether oxygens (including phenoxy) is 1. The first-order valence-corrected chi connectivity index (χ1v) is 8.41. The Morgan fingerprint density at radius 3 is 2.91 bits per heavy atom. The first kappa shape index (κ1) is 16.3. The number of carbonyl (C=O) groups excluding carboxylic acids is 1. The van der Waals surface area contributed by atoms with Gasteiger partial charge in [-0.25, -0.2) is 4.79 Å². The predicted molar refractivity (Wildman–Crippen MR) is 87.2 cm³/mol. The molecule has 7 heteroatoms. The minimum atomic E-state index is -0.108. The third kappa shape index (κ3) is 3.50. The summed E-state index contributed by atoms with van der Waals surface area (Å²) in [4.78, 5) is 14.5. The minimum Gasteiger partial charge on any atom is -0.371 e. The molecule has 0 spiro atoms. The number of hydrogen-bond acceptors (Lipinski definition) is 4. The van der Waals surface area contributed by atoms with E-state index in [1.807, 2.05) is 24.9 Å². The van der Waals surface area contributed by atoms with Gasteiger partial charge in [-0.2, -0.15) is 5.10 Å². The van der Waals surface area contributed by atoms with Crippen molar-refractivity contribution in [3.63, 3.8) is 0 Å². The normalized spacial score (nSPS) is 28.2. The highest BCUT2D eigenvalue weighted by molar-refractivity contribution is 5.74. The Hall–Kier alpha value is -1.60.